The summed E-state index contributed by atoms with van der Waals surface area (Å²) in [4.78, 5) is 19.6. The third-order valence-electron chi connectivity index (χ3n) is 4.72. The van der Waals surface area contributed by atoms with Crippen molar-refractivity contribution in [2.45, 2.75) is 23.5 Å². The Labute approximate surface area is 161 Å². The molecule has 1 saturated heterocycles. The third kappa shape index (κ3) is 3.53. The van der Waals surface area contributed by atoms with Crippen LogP contribution < -0.4 is 5.32 Å². The fraction of sp³-hybridized carbons (Fsp3) is 0.412. The molecule has 1 fully saturated rings. The van der Waals surface area contributed by atoms with Crippen LogP contribution in [0, 0.1) is 5.92 Å². The quantitative estimate of drug-likeness (QED) is 0.843. The van der Waals surface area contributed by atoms with E-state index in [-0.39, 0.29) is 11.8 Å². The van der Waals surface area contributed by atoms with Crippen molar-refractivity contribution < 1.29 is 13.2 Å². The van der Waals surface area contributed by atoms with Gasteiger partial charge < -0.3 is 5.32 Å². The lowest BCUT2D eigenvalue weighted by molar-refractivity contribution is -0.120. The molecule has 2 aliphatic rings. The zero-order chi connectivity index (χ0) is 18.3. The molecule has 0 bridgehead atoms. The van der Waals surface area contributed by atoms with Gasteiger partial charge in [-0.3, -0.25) is 4.79 Å². The Bertz CT molecular complexity index is 947. The molecule has 2 aliphatic heterocycles. The van der Waals surface area contributed by atoms with Crippen LogP contribution in [0.2, 0.25) is 0 Å². The molecule has 138 valence electrons. The summed E-state index contributed by atoms with van der Waals surface area (Å²) in [6.45, 7) is 0.796. The molecule has 1 aromatic heterocycles. The van der Waals surface area contributed by atoms with Gasteiger partial charge in [-0.1, -0.05) is 18.2 Å². The summed E-state index contributed by atoms with van der Waals surface area (Å²) in [5, 5.41) is 3.57. The Morgan fingerprint density at radius 3 is 2.73 bits per heavy atom. The highest BCUT2D eigenvalue weighted by atomic mass is 32.2. The van der Waals surface area contributed by atoms with Gasteiger partial charge in [0.15, 0.2) is 5.13 Å². The number of benzene rings is 1. The van der Waals surface area contributed by atoms with Crippen molar-refractivity contribution >= 4 is 44.2 Å². The third-order valence-corrected chi connectivity index (χ3v) is 8.28. The van der Waals surface area contributed by atoms with Gasteiger partial charge in [-0.15, -0.1) is 23.1 Å². The molecule has 1 aromatic carbocycles. The first-order chi connectivity index (χ1) is 12.4. The Kier molecular flexibility index (Phi) is 4.81. The molecule has 0 unspecified atom stereocenters. The van der Waals surface area contributed by atoms with Gasteiger partial charge in [-0.05, 0) is 18.9 Å². The number of piperidine rings is 1. The molecule has 9 heteroatoms. The molecule has 0 radical (unpaired) electrons. The second-order valence-corrected chi connectivity index (χ2v) is 10.6. The summed E-state index contributed by atoms with van der Waals surface area (Å²) in [5.74, 6) is 0.632. The zero-order valence-corrected chi connectivity index (χ0v) is 16.7. The minimum Gasteiger partial charge on any atom is -0.302 e. The van der Waals surface area contributed by atoms with Crippen LogP contribution in [0.15, 0.2) is 29.2 Å². The van der Waals surface area contributed by atoms with Gasteiger partial charge in [0, 0.05) is 40.1 Å². The van der Waals surface area contributed by atoms with Crippen molar-refractivity contribution in [2.75, 3.05) is 24.7 Å². The maximum Gasteiger partial charge on any atom is 0.229 e. The van der Waals surface area contributed by atoms with Crippen molar-refractivity contribution in [1.29, 1.82) is 0 Å². The topological polar surface area (TPSA) is 79.4 Å². The molecule has 3 heterocycles. The molecule has 4 rings (SSSR count). The molecule has 0 atom stereocenters. The van der Waals surface area contributed by atoms with Crippen LogP contribution in [0.4, 0.5) is 5.13 Å². The molecule has 2 aromatic rings. The first-order valence-corrected chi connectivity index (χ1v) is 12.0. The van der Waals surface area contributed by atoms with Crippen molar-refractivity contribution in [3.8, 4) is 11.3 Å². The predicted molar refractivity (Wildman–Crippen MR) is 105 cm³/mol. The number of aromatic nitrogens is 1. The average Bonchev–Trinajstić information content (AvgIpc) is 3.04. The van der Waals surface area contributed by atoms with E-state index in [1.54, 1.807) is 11.8 Å². The molecule has 6 nitrogen and oxygen atoms in total. The molecule has 26 heavy (non-hydrogen) atoms. The van der Waals surface area contributed by atoms with Gasteiger partial charge in [0.2, 0.25) is 15.9 Å². The molecule has 0 spiro atoms. The predicted octanol–water partition coefficient (Wildman–Crippen LogP) is 3.03. The molecule has 1 N–H and O–H groups in total. The monoisotopic (exact) mass is 409 g/mol. The molecule has 1 amide bonds. The van der Waals surface area contributed by atoms with E-state index in [1.165, 1.54) is 31.7 Å². The number of nitrogens with one attached hydrogen (secondary N) is 1. The highest BCUT2D eigenvalue weighted by Gasteiger charge is 2.30. The number of sulfonamides is 1. The lowest BCUT2D eigenvalue weighted by Gasteiger charge is -2.29. The number of carbonyl (C=O) groups is 1. The van der Waals surface area contributed by atoms with Crippen molar-refractivity contribution in [3.63, 3.8) is 0 Å². The molecular weight excluding hydrogens is 390 g/mol. The van der Waals surface area contributed by atoms with Crippen LogP contribution in [0.3, 0.4) is 0 Å². The maximum absolute atomic E-state index is 12.6. The van der Waals surface area contributed by atoms with Gasteiger partial charge in [0.1, 0.15) is 0 Å². The zero-order valence-electron chi connectivity index (χ0n) is 14.3. The number of hydrogen-bond donors (Lipinski definition) is 1. The van der Waals surface area contributed by atoms with E-state index in [0.717, 1.165) is 17.0 Å². The van der Waals surface area contributed by atoms with Crippen molar-refractivity contribution in [1.82, 2.24) is 9.29 Å². The number of nitrogens with zero attached hydrogens (tertiary/aromatic N) is 2. The normalized spacial score (nSPS) is 18.2. The minimum absolute atomic E-state index is 0.0646. The summed E-state index contributed by atoms with van der Waals surface area (Å²) >= 11 is 3.32. The van der Waals surface area contributed by atoms with Crippen LogP contribution in [0.25, 0.3) is 11.3 Å². The standard InChI is InChI=1S/C17H19N3O3S3/c1-26(22,23)20-8-6-11(7-9-20)16(21)19-17-18-15-12-4-2-3-5-13(12)24-10-14(15)25-17/h2-5,11H,6-10H2,1H3,(H,18,19,21). The summed E-state index contributed by atoms with van der Waals surface area (Å²) in [6.07, 6.45) is 2.30. The van der Waals surface area contributed by atoms with Gasteiger partial charge in [0.25, 0.3) is 0 Å². The summed E-state index contributed by atoms with van der Waals surface area (Å²) in [5.41, 5.74) is 2.09. The van der Waals surface area contributed by atoms with Crippen LogP contribution in [-0.2, 0) is 20.6 Å². The number of thioether (sulfide) groups is 1. The Morgan fingerprint density at radius 1 is 1.27 bits per heavy atom. The van der Waals surface area contributed by atoms with Gasteiger partial charge in [-0.25, -0.2) is 17.7 Å². The van der Waals surface area contributed by atoms with E-state index in [4.69, 9.17) is 0 Å². The number of hydrogen-bond acceptors (Lipinski definition) is 6. The number of carbonyl (C=O) groups excluding carboxylic acids is 1. The Morgan fingerprint density at radius 2 is 2.00 bits per heavy atom. The van der Waals surface area contributed by atoms with E-state index in [1.807, 2.05) is 12.1 Å². The summed E-state index contributed by atoms with van der Waals surface area (Å²) in [6, 6.07) is 8.18. The van der Waals surface area contributed by atoms with Gasteiger partial charge in [0.05, 0.1) is 11.9 Å². The van der Waals surface area contributed by atoms with Gasteiger partial charge >= 0.3 is 0 Å². The van der Waals surface area contributed by atoms with E-state index < -0.39 is 10.0 Å². The van der Waals surface area contributed by atoms with E-state index in [0.29, 0.717) is 31.1 Å². The first kappa shape index (κ1) is 18.0. The smallest absolute Gasteiger partial charge is 0.229 e. The number of amides is 1. The number of anilines is 1. The highest BCUT2D eigenvalue weighted by Crippen LogP contribution is 2.44. The lowest BCUT2D eigenvalue weighted by atomic mass is 9.97. The molecule has 0 aliphatic carbocycles. The maximum atomic E-state index is 12.6. The first-order valence-electron chi connectivity index (χ1n) is 8.40. The summed E-state index contributed by atoms with van der Waals surface area (Å²) < 4.78 is 24.6. The fourth-order valence-corrected chi connectivity index (χ4v) is 6.28. The fourth-order valence-electron chi connectivity index (χ4n) is 3.30. The molecule has 0 saturated carbocycles. The minimum atomic E-state index is -3.18. The number of fused-ring (bicyclic) bond motifs is 3. The van der Waals surface area contributed by atoms with E-state index in [2.05, 4.69) is 22.4 Å². The van der Waals surface area contributed by atoms with E-state index in [9.17, 15) is 13.2 Å². The number of thiazole rings is 1. The van der Waals surface area contributed by atoms with Crippen molar-refractivity contribution in [3.05, 3.63) is 29.1 Å². The van der Waals surface area contributed by atoms with Crippen LogP contribution in [0.1, 0.15) is 17.7 Å². The second kappa shape index (κ2) is 6.95. The molecular formula is C17H19N3O3S3. The van der Waals surface area contributed by atoms with Gasteiger partial charge in [-0.2, -0.15) is 0 Å². The largest absolute Gasteiger partial charge is 0.302 e. The van der Waals surface area contributed by atoms with Crippen LogP contribution in [0.5, 0.6) is 0 Å². The Balaban J connectivity index is 1.45. The number of rotatable bonds is 3. The highest BCUT2D eigenvalue weighted by molar-refractivity contribution is 7.98. The van der Waals surface area contributed by atoms with Crippen LogP contribution in [-0.4, -0.2) is 43.0 Å². The SMILES string of the molecule is CS(=O)(=O)N1CCC(C(=O)Nc2nc3c(s2)CSc2ccccc2-3)CC1. The van der Waals surface area contributed by atoms with E-state index >= 15 is 0 Å². The summed E-state index contributed by atoms with van der Waals surface area (Å²) in [7, 11) is -3.18. The Hall–Kier alpha value is -1.42. The average molecular weight is 410 g/mol. The second-order valence-electron chi connectivity index (χ2n) is 6.50. The van der Waals surface area contributed by atoms with Crippen molar-refractivity contribution in [2.24, 2.45) is 5.92 Å². The van der Waals surface area contributed by atoms with Crippen LogP contribution >= 0.6 is 23.1 Å². The lowest BCUT2D eigenvalue weighted by Crippen LogP contribution is -2.40.